The summed E-state index contributed by atoms with van der Waals surface area (Å²) in [7, 11) is 0. The highest BCUT2D eigenvalue weighted by atomic mass is 19.1. The number of carbonyl (C=O) groups excluding carboxylic acids is 1. The molecule has 1 aliphatic carbocycles. The Hall–Kier alpha value is -1.46. The van der Waals surface area contributed by atoms with E-state index < -0.39 is 5.60 Å². The van der Waals surface area contributed by atoms with Gasteiger partial charge in [-0.2, -0.15) is 0 Å². The zero-order valence-corrected chi connectivity index (χ0v) is 12.8. The molecule has 2 fully saturated rings. The lowest BCUT2D eigenvalue weighted by atomic mass is 9.93. The van der Waals surface area contributed by atoms with Crippen LogP contribution < -0.4 is 5.32 Å². The summed E-state index contributed by atoms with van der Waals surface area (Å²) in [5.74, 6) is -0.298. The van der Waals surface area contributed by atoms with Crippen LogP contribution in [0.2, 0.25) is 0 Å². The standard InChI is InChI=1S/C17H22FNO3/c1-16(21,12-2-4-13(18)5-3-12)11-19-15(20)14-10-17(14)6-8-22-9-7-17/h2-5,14,21H,6-11H2,1H3,(H,19,20). The minimum absolute atomic E-state index is 0.00397. The zero-order chi connectivity index (χ0) is 15.8. The second-order valence-electron chi connectivity index (χ2n) is 6.73. The quantitative estimate of drug-likeness (QED) is 0.894. The van der Waals surface area contributed by atoms with Crippen LogP contribution in [0.3, 0.4) is 0 Å². The molecule has 0 radical (unpaired) electrons. The van der Waals surface area contributed by atoms with E-state index in [0.717, 1.165) is 32.5 Å². The third-order valence-corrected chi connectivity index (χ3v) is 5.07. The van der Waals surface area contributed by atoms with Crippen molar-refractivity contribution in [1.82, 2.24) is 5.32 Å². The van der Waals surface area contributed by atoms with E-state index in [0.29, 0.717) is 5.56 Å². The van der Waals surface area contributed by atoms with Crippen LogP contribution in [-0.2, 0) is 15.1 Å². The van der Waals surface area contributed by atoms with Crippen LogP contribution in [0, 0.1) is 17.2 Å². The van der Waals surface area contributed by atoms with E-state index in [-0.39, 0.29) is 29.6 Å². The van der Waals surface area contributed by atoms with Crippen LogP contribution in [-0.4, -0.2) is 30.8 Å². The number of nitrogens with one attached hydrogen (secondary N) is 1. The van der Waals surface area contributed by atoms with Gasteiger partial charge in [-0.3, -0.25) is 4.79 Å². The van der Waals surface area contributed by atoms with Gasteiger partial charge in [-0.05, 0) is 49.3 Å². The van der Waals surface area contributed by atoms with E-state index in [9.17, 15) is 14.3 Å². The van der Waals surface area contributed by atoms with Crippen molar-refractivity contribution in [2.75, 3.05) is 19.8 Å². The number of ether oxygens (including phenoxy) is 1. The highest BCUT2D eigenvalue weighted by Gasteiger charge is 2.58. The summed E-state index contributed by atoms with van der Waals surface area (Å²) in [6.45, 7) is 3.21. The monoisotopic (exact) mass is 307 g/mol. The highest BCUT2D eigenvalue weighted by Crippen LogP contribution is 2.59. The summed E-state index contributed by atoms with van der Waals surface area (Å²) in [5.41, 5.74) is -0.490. The number of amides is 1. The maximum atomic E-state index is 12.9. The number of aliphatic hydroxyl groups is 1. The molecule has 22 heavy (non-hydrogen) atoms. The van der Waals surface area contributed by atoms with E-state index >= 15 is 0 Å². The van der Waals surface area contributed by atoms with Crippen LogP contribution in [0.5, 0.6) is 0 Å². The van der Waals surface area contributed by atoms with E-state index in [4.69, 9.17) is 4.74 Å². The van der Waals surface area contributed by atoms with Gasteiger partial charge in [0, 0.05) is 19.1 Å². The molecule has 0 aromatic heterocycles. The predicted octanol–water partition coefficient (Wildman–Crippen LogP) is 1.97. The molecule has 120 valence electrons. The van der Waals surface area contributed by atoms with Crippen LogP contribution in [0.1, 0.15) is 31.7 Å². The van der Waals surface area contributed by atoms with Crippen molar-refractivity contribution in [2.45, 2.75) is 31.8 Å². The topological polar surface area (TPSA) is 58.6 Å². The summed E-state index contributed by atoms with van der Waals surface area (Å²) in [4.78, 5) is 12.3. The predicted molar refractivity (Wildman–Crippen MR) is 79.6 cm³/mol. The van der Waals surface area contributed by atoms with E-state index in [1.54, 1.807) is 19.1 Å². The lowest BCUT2D eigenvalue weighted by molar-refractivity contribution is -0.124. The van der Waals surface area contributed by atoms with E-state index in [1.165, 1.54) is 12.1 Å². The van der Waals surface area contributed by atoms with Crippen molar-refractivity contribution >= 4 is 5.91 Å². The third kappa shape index (κ3) is 3.01. The molecule has 1 spiro atoms. The van der Waals surface area contributed by atoms with Gasteiger partial charge >= 0.3 is 0 Å². The third-order valence-electron chi connectivity index (χ3n) is 5.07. The van der Waals surface area contributed by atoms with Crippen LogP contribution >= 0.6 is 0 Å². The van der Waals surface area contributed by atoms with Crippen molar-refractivity contribution in [3.8, 4) is 0 Å². The average molecular weight is 307 g/mol. The molecule has 1 heterocycles. The summed E-state index contributed by atoms with van der Waals surface area (Å²) in [6.07, 6.45) is 2.81. The average Bonchev–Trinajstić information content (AvgIpc) is 3.19. The minimum Gasteiger partial charge on any atom is -0.384 e. The molecule has 1 saturated heterocycles. The first-order chi connectivity index (χ1) is 10.4. The Morgan fingerprint density at radius 2 is 2.05 bits per heavy atom. The van der Waals surface area contributed by atoms with Gasteiger partial charge in [0.25, 0.3) is 0 Å². The van der Waals surface area contributed by atoms with Crippen molar-refractivity contribution in [3.05, 3.63) is 35.6 Å². The molecule has 3 rings (SSSR count). The molecular formula is C17H22FNO3. The molecule has 1 aromatic carbocycles. The fraction of sp³-hybridized carbons (Fsp3) is 0.588. The zero-order valence-electron chi connectivity index (χ0n) is 12.8. The Kier molecular flexibility index (Phi) is 3.95. The van der Waals surface area contributed by atoms with Crippen molar-refractivity contribution < 1.29 is 19.0 Å². The Bertz CT molecular complexity index is 550. The number of halogens is 1. The van der Waals surface area contributed by atoms with Gasteiger partial charge in [-0.25, -0.2) is 4.39 Å². The van der Waals surface area contributed by atoms with Gasteiger partial charge in [0.1, 0.15) is 11.4 Å². The van der Waals surface area contributed by atoms with Crippen molar-refractivity contribution in [2.24, 2.45) is 11.3 Å². The molecule has 4 nitrogen and oxygen atoms in total. The summed E-state index contributed by atoms with van der Waals surface area (Å²) in [6, 6.07) is 5.70. The fourth-order valence-corrected chi connectivity index (χ4v) is 3.34. The van der Waals surface area contributed by atoms with Gasteiger partial charge in [0.05, 0.1) is 6.54 Å². The van der Waals surface area contributed by atoms with Crippen LogP contribution in [0.4, 0.5) is 4.39 Å². The van der Waals surface area contributed by atoms with Gasteiger partial charge in [0.15, 0.2) is 0 Å². The second-order valence-corrected chi connectivity index (χ2v) is 6.73. The molecular weight excluding hydrogens is 285 g/mol. The smallest absolute Gasteiger partial charge is 0.223 e. The van der Waals surface area contributed by atoms with E-state index in [2.05, 4.69) is 5.32 Å². The number of hydrogen-bond acceptors (Lipinski definition) is 3. The van der Waals surface area contributed by atoms with Gasteiger partial charge in [-0.1, -0.05) is 12.1 Å². The van der Waals surface area contributed by atoms with Crippen LogP contribution in [0.15, 0.2) is 24.3 Å². The highest BCUT2D eigenvalue weighted by molar-refractivity contribution is 5.82. The van der Waals surface area contributed by atoms with Gasteiger partial charge in [-0.15, -0.1) is 0 Å². The minimum atomic E-state index is -1.21. The number of hydrogen-bond donors (Lipinski definition) is 2. The summed E-state index contributed by atoms with van der Waals surface area (Å²) in [5, 5.41) is 13.3. The first-order valence-electron chi connectivity index (χ1n) is 7.77. The molecule has 1 amide bonds. The molecule has 0 bridgehead atoms. The lowest BCUT2D eigenvalue weighted by Gasteiger charge is -2.25. The molecule has 2 unspecified atom stereocenters. The Labute approximate surface area is 129 Å². The van der Waals surface area contributed by atoms with Crippen molar-refractivity contribution in [3.63, 3.8) is 0 Å². The Morgan fingerprint density at radius 3 is 2.68 bits per heavy atom. The largest absolute Gasteiger partial charge is 0.384 e. The molecule has 5 heteroatoms. The fourth-order valence-electron chi connectivity index (χ4n) is 3.34. The van der Waals surface area contributed by atoms with Crippen LogP contribution in [0.25, 0.3) is 0 Å². The summed E-state index contributed by atoms with van der Waals surface area (Å²) < 4.78 is 18.3. The molecule has 1 aliphatic heterocycles. The first kappa shape index (κ1) is 15.4. The number of carbonyl (C=O) groups is 1. The molecule has 1 aromatic rings. The Morgan fingerprint density at radius 1 is 1.41 bits per heavy atom. The van der Waals surface area contributed by atoms with Crippen molar-refractivity contribution in [1.29, 1.82) is 0 Å². The first-order valence-corrected chi connectivity index (χ1v) is 7.77. The van der Waals surface area contributed by atoms with Gasteiger partial charge < -0.3 is 15.2 Å². The number of rotatable bonds is 4. The maximum Gasteiger partial charge on any atom is 0.223 e. The molecule has 2 atom stereocenters. The van der Waals surface area contributed by atoms with E-state index in [1.807, 2.05) is 0 Å². The SMILES string of the molecule is CC(O)(CNC(=O)C1CC12CCOCC2)c1ccc(F)cc1. The second kappa shape index (κ2) is 5.63. The normalized spacial score (nSPS) is 25.5. The maximum absolute atomic E-state index is 12.9. The Balaban J connectivity index is 1.55. The molecule has 1 saturated carbocycles. The lowest BCUT2D eigenvalue weighted by Crippen LogP contribution is -2.40. The number of benzene rings is 1. The molecule has 2 N–H and O–H groups in total. The van der Waals surface area contributed by atoms with Gasteiger partial charge in [0.2, 0.25) is 5.91 Å². The molecule has 2 aliphatic rings. The summed E-state index contributed by atoms with van der Waals surface area (Å²) >= 11 is 0.